The molecule has 0 aromatic rings. The van der Waals surface area contributed by atoms with Crippen LogP contribution in [-0.4, -0.2) is 49.1 Å². The SMILES string of the molecule is CCCCN1CC1.CCCCN1CC1. The standard InChI is InChI=1S/2C6H13N/c2*1-2-3-4-7-5-6-7/h2*2-6H2,1H3. The highest BCUT2D eigenvalue weighted by molar-refractivity contribution is 4.71. The number of unbranched alkanes of at least 4 members (excludes halogenated alkanes) is 2. The lowest BCUT2D eigenvalue weighted by molar-refractivity contribution is 0.530. The summed E-state index contributed by atoms with van der Waals surface area (Å²) < 4.78 is 0. The van der Waals surface area contributed by atoms with Crippen molar-refractivity contribution in [3.05, 3.63) is 0 Å². The molecule has 0 saturated carbocycles. The minimum Gasteiger partial charge on any atom is -0.301 e. The van der Waals surface area contributed by atoms with Crippen molar-refractivity contribution in [2.24, 2.45) is 0 Å². The van der Waals surface area contributed by atoms with Gasteiger partial charge in [-0.1, -0.05) is 26.7 Å². The van der Waals surface area contributed by atoms with Crippen molar-refractivity contribution in [3.63, 3.8) is 0 Å². The van der Waals surface area contributed by atoms with Crippen molar-refractivity contribution in [3.8, 4) is 0 Å². The second kappa shape index (κ2) is 7.24. The van der Waals surface area contributed by atoms with Crippen LogP contribution >= 0.6 is 0 Å². The molecule has 2 aliphatic heterocycles. The van der Waals surface area contributed by atoms with E-state index in [1.54, 1.807) is 0 Å². The summed E-state index contributed by atoms with van der Waals surface area (Å²) in [7, 11) is 0. The molecule has 0 aromatic heterocycles. The van der Waals surface area contributed by atoms with E-state index in [0.717, 1.165) is 0 Å². The van der Waals surface area contributed by atoms with Crippen molar-refractivity contribution in [1.29, 1.82) is 0 Å². The summed E-state index contributed by atoms with van der Waals surface area (Å²) in [5.74, 6) is 0. The van der Waals surface area contributed by atoms with Gasteiger partial charge >= 0.3 is 0 Å². The second-order valence-corrected chi connectivity index (χ2v) is 4.39. The molecule has 0 N–H and O–H groups in total. The van der Waals surface area contributed by atoms with Crippen LogP contribution in [-0.2, 0) is 0 Å². The summed E-state index contributed by atoms with van der Waals surface area (Å²) in [6.07, 6.45) is 5.47. The number of hydrogen-bond acceptors (Lipinski definition) is 2. The minimum atomic E-state index is 1.34. The average Bonchev–Trinajstić information content (AvgIpc) is 3.04. The quantitative estimate of drug-likeness (QED) is 0.604. The van der Waals surface area contributed by atoms with E-state index in [4.69, 9.17) is 0 Å². The predicted octanol–water partition coefficient (Wildman–Crippen LogP) is 2.20. The normalized spacial score (nSPS) is 20.1. The van der Waals surface area contributed by atoms with Crippen LogP contribution < -0.4 is 0 Å². The van der Waals surface area contributed by atoms with Crippen LogP contribution in [0.5, 0.6) is 0 Å². The first-order valence-corrected chi connectivity index (χ1v) is 6.31. The number of nitrogens with zero attached hydrogens (tertiary/aromatic N) is 2. The Hall–Kier alpha value is -0.0800. The maximum absolute atomic E-state index is 2.46. The summed E-state index contributed by atoms with van der Waals surface area (Å²) in [4.78, 5) is 4.92. The van der Waals surface area contributed by atoms with Gasteiger partial charge < -0.3 is 9.80 Å². The van der Waals surface area contributed by atoms with Gasteiger partial charge in [-0.25, -0.2) is 0 Å². The van der Waals surface area contributed by atoms with Gasteiger partial charge in [0.1, 0.15) is 0 Å². The minimum absolute atomic E-state index is 1.34. The third-order valence-electron chi connectivity index (χ3n) is 2.74. The summed E-state index contributed by atoms with van der Waals surface area (Å²) in [6, 6.07) is 0. The highest BCUT2D eigenvalue weighted by Crippen LogP contribution is 2.04. The fourth-order valence-corrected chi connectivity index (χ4v) is 1.35. The fraction of sp³-hybridized carbons (Fsp3) is 1.00. The third-order valence-corrected chi connectivity index (χ3v) is 2.74. The molecule has 0 aromatic carbocycles. The van der Waals surface area contributed by atoms with Gasteiger partial charge in [-0.05, 0) is 25.9 Å². The van der Waals surface area contributed by atoms with Crippen LogP contribution in [0.25, 0.3) is 0 Å². The van der Waals surface area contributed by atoms with Crippen LogP contribution in [0.3, 0.4) is 0 Å². The smallest absolute Gasteiger partial charge is 0.0110 e. The Labute approximate surface area is 89.3 Å². The van der Waals surface area contributed by atoms with E-state index in [2.05, 4.69) is 23.6 Å². The molecule has 2 heterocycles. The Bertz CT molecular complexity index is 112. The molecule has 0 bridgehead atoms. The van der Waals surface area contributed by atoms with E-state index < -0.39 is 0 Å². The van der Waals surface area contributed by atoms with Crippen LogP contribution in [0.15, 0.2) is 0 Å². The average molecular weight is 198 g/mol. The van der Waals surface area contributed by atoms with E-state index >= 15 is 0 Å². The van der Waals surface area contributed by atoms with Gasteiger partial charge in [0.25, 0.3) is 0 Å². The molecule has 2 heteroatoms. The Morgan fingerprint density at radius 3 is 1.29 bits per heavy atom. The molecule has 2 saturated heterocycles. The van der Waals surface area contributed by atoms with Gasteiger partial charge in [0.2, 0.25) is 0 Å². The maximum Gasteiger partial charge on any atom is 0.0110 e. The monoisotopic (exact) mass is 198 g/mol. The van der Waals surface area contributed by atoms with E-state index in [-0.39, 0.29) is 0 Å². The molecular weight excluding hydrogens is 172 g/mol. The molecule has 0 atom stereocenters. The Kier molecular flexibility index (Phi) is 6.20. The zero-order chi connectivity index (χ0) is 10.2. The molecule has 0 radical (unpaired) electrons. The van der Waals surface area contributed by atoms with Gasteiger partial charge in [0, 0.05) is 26.2 Å². The van der Waals surface area contributed by atoms with Gasteiger partial charge in [-0.3, -0.25) is 0 Å². The van der Waals surface area contributed by atoms with E-state index in [0.29, 0.717) is 0 Å². The summed E-state index contributed by atoms with van der Waals surface area (Å²) >= 11 is 0. The summed E-state index contributed by atoms with van der Waals surface area (Å²) in [5, 5.41) is 0. The summed E-state index contributed by atoms with van der Waals surface area (Å²) in [6.45, 7) is 12.6. The van der Waals surface area contributed by atoms with Gasteiger partial charge in [0.05, 0.1) is 0 Å². The lowest BCUT2D eigenvalue weighted by atomic mass is 10.3. The van der Waals surface area contributed by atoms with Crippen molar-refractivity contribution in [2.45, 2.75) is 39.5 Å². The van der Waals surface area contributed by atoms with Crippen LogP contribution in [0.2, 0.25) is 0 Å². The van der Waals surface area contributed by atoms with Gasteiger partial charge in [0.15, 0.2) is 0 Å². The first-order valence-electron chi connectivity index (χ1n) is 6.31. The molecule has 14 heavy (non-hydrogen) atoms. The summed E-state index contributed by atoms with van der Waals surface area (Å²) in [5.41, 5.74) is 0. The highest BCUT2D eigenvalue weighted by atomic mass is 15.3. The van der Waals surface area contributed by atoms with Crippen molar-refractivity contribution < 1.29 is 0 Å². The first kappa shape index (κ1) is 12.0. The molecule has 0 amide bonds. The zero-order valence-electron chi connectivity index (χ0n) is 9.97. The second-order valence-electron chi connectivity index (χ2n) is 4.39. The van der Waals surface area contributed by atoms with Gasteiger partial charge in [-0.15, -0.1) is 0 Å². The number of hydrogen-bond donors (Lipinski definition) is 0. The molecule has 2 rings (SSSR count). The van der Waals surface area contributed by atoms with Crippen molar-refractivity contribution >= 4 is 0 Å². The Morgan fingerprint density at radius 1 is 0.714 bits per heavy atom. The Balaban J connectivity index is 0.000000140. The van der Waals surface area contributed by atoms with Crippen molar-refractivity contribution in [1.82, 2.24) is 9.80 Å². The molecule has 0 aliphatic carbocycles. The number of rotatable bonds is 6. The molecule has 0 unspecified atom stereocenters. The predicted molar refractivity (Wildman–Crippen MR) is 62.7 cm³/mol. The topological polar surface area (TPSA) is 6.02 Å². The van der Waals surface area contributed by atoms with Crippen molar-refractivity contribution in [2.75, 3.05) is 39.3 Å². The fourth-order valence-electron chi connectivity index (χ4n) is 1.35. The van der Waals surface area contributed by atoms with Crippen LogP contribution in [0.1, 0.15) is 39.5 Å². The Morgan fingerprint density at radius 2 is 1.07 bits per heavy atom. The lowest BCUT2D eigenvalue weighted by Crippen LogP contribution is -1.96. The van der Waals surface area contributed by atoms with Crippen LogP contribution in [0.4, 0.5) is 0 Å². The van der Waals surface area contributed by atoms with E-state index in [9.17, 15) is 0 Å². The van der Waals surface area contributed by atoms with Gasteiger partial charge in [-0.2, -0.15) is 0 Å². The molecule has 0 spiro atoms. The maximum atomic E-state index is 2.46. The van der Waals surface area contributed by atoms with Crippen LogP contribution in [0, 0.1) is 0 Å². The molecular formula is C12H26N2. The van der Waals surface area contributed by atoms with E-state index in [1.165, 1.54) is 65.0 Å². The zero-order valence-corrected chi connectivity index (χ0v) is 9.97. The largest absolute Gasteiger partial charge is 0.301 e. The molecule has 2 nitrogen and oxygen atoms in total. The molecule has 84 valence electrons. The first-order chi connectivity index (χ1) is 6.86. The molecule has 2 fully saturated rings. The third kappa shape index (κ3) is 7.34. The molecule has 2 aliphatic rings. The van der Waals surface area contributed by atoms with E-state index in [1.807, 2.05) is 0 Å². The lowest BCUT2D eigenvalue weighted by Gasteiger charge is -1.93. The highest BCUT2D eigenvalue weighted by Gasteiger charge is 2.14.